The quantitative estimate of drug-likeness (QED) is 0.787. The number of rotatable bonds is 6. The Bertz CT molecular complexity index is 478. The molecule has 1 fully saturated rings. The van der Waals surface area contributed by atoms with Crippen molar-refractivity contribution >= 4 is 10.0 Å². The molecule has 6 heteroatoms. The van der Waals surface area contributed by atoms with E-state index in [4.69, 9.17) is 0 Å². The van der Waals surface area contributed by atoms with Crippen LogP contribution in [0.2, 0.25) is 0 Å². The molecule has 5 nitrogen and oxygen atoms in total. The van der Waals surface area contributed by atoms with Crippen LogP contribution < -0.4 is 4.72 Å². The maximum atomic E-state index is 11.9. The zero-order valence-electron chi connectivity index (χ0n) is 10.2. The van der Waals surface area contributed by atoms with Crippen molar-refractivity contribution in [1.29, 1.82) is 0 Å². The lowest BCUT2D eigenvalue weighted by Gasteiger charge is -2.40. The van der Waals surface area contributed by atoms with Gasteiger partial charge < -0.3 is 5.11 Å². The summed E-state index contributed by atoms with van der Waals surface area (Å²) in [6, 6.07) is 3.61. The Morgan fingerprint density at radius 1 is 1.33 bits per heavy atom. The predicted molar refractivity (Wildman–Crippen MR) is 68.5 cm³/mol. The topological polar surface area (TPSA) is 79.3 Å². The molecule has 0 amide bonds. The molecule has 0 unspecified atom stereocenters. The Balaban J connectivity index is 1.92. The van der Waals surface area contributed by atoms with Crippen LogP contribution in [0.15, 0.2) is 24.5 Å². The van der Waals surface area contributed by atoms with Crippen LogP contribution in [0.5, 0.6) is 0 Å². The van der Waals surface area contributed by atoms with E-state index < -0.39 is 15.6 Å². The molecular formula is C12H18N2O3S. The standard InChI is InChI=1S/C12H18N2O3S/c15-10-12(5-1-6-12)14-18(16,17)9-4-11-2-7-13-8-3-11/h2-3,7-8,14-15H,1,4-6,9-10H2. The number of hydrogen-bond acceptors (Lipinski definition) is 4. The van der Waals surface area contributed by atoms with E-state index in [1.165, 1.54) is 0 Å². The van der Waals surface area contributed by atoms with Gasteiger partial charge in [-0.3, -0.25) is 4.98 Å². The number of pyridine rings is 1. The molecule has 0 spiro atoms. The molecule has 18 heavy (non-hydrogen) atoms. The lowest BCUT2D eigenvalue weighted by Crippen LogP contribution is -2.56. The average molecular weight is 270 g/mol. The summed E-state index contributed by atoms with van der Waals surface area (Å²) in [4.78, 5) is 3.89. The highest BCUT2D eigenvalue weighted by molar-refractivity contribution is 7.89. The zero-order chi connectivity index (χ0) is 13.1. The van der Waals surface area contributed by atoms with E-state index in [-0.39, 0.29) is 12.4 Å². The average Bonchev–Trinajstić information content (AvgIpc) is 2.33. The third-order valence-corrected chi connectivity index (χ3v) is 4.88. The Morgan fingerprint density at radius 2 is 2.00 bits per heavy atom. The molecule has 1 aliphatic rings. The van der Waals surface area contributed by atoms with Crippen molar-refractivity contribution in [2.75, 3.05) is 12.4 Å². The van der Waals surface area contributed by atoms with Crippen LogP contribution in [0, 0.1) is 0 Å². The van der Waals surface area contributed by atoms with Crippen molar-refractivity contribution in [2.45, 2.75) is 31.2 Å². The van der Waals surface area contributed by atoms with E-state index in [0.29, 0.717) is 6.42 Å². The first kappa shape index (κ1) is 13.5. The summed E-state index contributed by atoms with van der Waals surface area (Å²) in [6.07, 6.45) is 6.16. The van der Waals surface area contributed by atoms with Crippen LogP contribution >= 0.6 is 0 Å². The van der Waals surface area contributed by atoms with Gasteiger partial charge in [0.25, 0.3) is 0 Å². The maximum Gasteiger partial charge on any atom is 0.212 e. The van der Waals surface area contributed by atoms with Crippen molar-refractivity contribution in [3.63, 3.8) is 0 Å². The van der Waals surface area contributed by atoms with Crippen LogP contribution in [-0.2, 0) is 16.4 Å². The summed E-state index contributed by atoms with van der Waals surface area (Å²) in [7, 11) is -3.34. The number of nitrogens with zero attached hydrogens (tertiary/aromatic N) is 1. The Labute approximate surface area is 107 Å². The number of nitrogens with one attached hydrogen (secondary N) is 1. The van der Waals surface area contributed by atoms with Gasteiger partial charge in [0.1, 0.15) is 0 Å². The third kappa shape index (κ3) is 3.28. The molecule has 1 aromatic rings. The molecule has 0 bridgehead atoms. The normalized spacial score (nSPS) is 18.3. The van der Waals surface area contributed by atoms with Crippen LogP contribution in [0.3, 0.4) is 0 Å². The number of aliphatic hydroxyl groups is 1. The van der Waals surface area contributed by atoms with E-state index >= 15 is 0 Å². The van der Waals surface area contributed by atoms with Crippen LogP contribution in [0.4, 0.5) is 0 Å². The van der Waals surface area contributed by atoms with Crippen molar-refractivity contribution in [3.8, 4) is 0 Å². The number of hydrogen-bond donors (Lipinski definition) is 2. The van der Waals surface area contributed by atoms with Gasteiger partial charge in [-0.15, -0.1) is 0 Å². The highest BCUT2D eigenvalue weighted by Crippen LogP contribution is 2.31. The molecule has 1 saturated carbocycles. The molecule has 100 valence electrons. The van der Waals surface area contributed by atoms with Crippen molar-refractivity contribution < 1.29 is 13.5 Å². The van der Waals surface area contributed by atoms with Gasteiger partial charge in [0.15, 0.2) is 0 Å². The number of aryl methyl sites for hydroxylation is 1. The van der Waals surface area contributed by atoms with Crippen molar-refractivity contribution in [2.24, 2.45) is 0 Å². The summed E-state index contributed by atoms with van der Waals surface area (Å²) in [6.45, 7) is -0.124. The Morgan fingerprint density at radius 3 is 2.50 bits per heavy atom. The third-order valence-electron chi connectivity index (χ3n) is 3.39. The molecule has 1 aliphatic carbocycles. The molecule has 1 aromatic heterocycles. The van der Waals surface area contributed by atoms with E-state index in [1.807, 2.05) is 0 Å². The maximum absolute atomic E-state index is 11.9. The largest absolute Gasteiger partial charge is 0.394 e. The first-order chi connectivity index (χ1) is 8.55. The minimum absolute atomic E-state index is 0.0404. The summed E-state index contributed by atoms with van der Waals surface area (Å²) in [5.74, 6) is 0.0404. The van der Waals surface area contributed by atoms with E-state index in [0.717, 1.165) is 24.8 Å². The van der Waals surface area contributed by atoms with Crippen molar-refractivity contribution in [3.05, 3.63) is 30.1 Å². The number of sulfonamides is 1. The minimum Gasteiger partial charge on any atom is -0.394 e. The lowest BCUT2D eigenvalue weighted by atomic mass is 9.78. The molecule has 2 rings (SSSR count). The van der Waals surface area contributed by atoms with Crippen LogP contribution in [0.25, 0.3) is 0 Å². The minimum atomic E-state index is -3.34. The summed E-state index contributed by atoms with van der Waals surface area (Å²) < 4.78 is 26.5. The fourth-order valence-electron chi connectivity index (χ4n) is 2.08. The summed E-state index contributed by atoms with van der Waals surface area (Å²) >= 11 is 0. The Hall–Kier alpha value is -0.980. The molecule has 0 radical (unpaired) electrons. The Kier molecular flexibility index (Phi) is 3.99. The second-order valence-corrected chi connectivity index (χ2v) is 6.66. The summed E-state index contributed by atoms with van der Waals surface area (Å²) in [5, 5.41) is 9.25. The molecule has 0 saturated heterocycles. The highest BCUT2D eigenvalue weighted by Gasteiger charge is 2.39. The monoisotopic (exact) mass is 270 g/mol. The first-order valence-corrected chi connectivity index (χ1v) is 7.72. The van der Waals surface area contributed by atoms with Gasteiger partial charge in [0, 0.05) is 12.4 Å². The van der Waals surface area contributed by atoms with Crippen LogP contribution in [0.1, 0.15) is 24.8 Å². The molecule has 1 heterocycles. The first-order valence-electron chi connectivity index (χ1n) is 6.07. The SMILES string of the molecule is O=S(=O)(CCc1ccncc1)NC1(CO)CCC1. The van der Waals surface area contributed by atoms with Gasteiger partial charge in [-0.2, -0.15) is 0 Å². The second-order valence-electron chi connectivity index (χ2n) is 4.82. The fourth-order valence-corrected chi connectivity index (χ4v) is 3.61. The van der Waals surface area contributed by atoms with Gasteiger partial charge >= 0.3 is 0 Å². The number of aliphatic hydroxyl groups excluding tert-OH is 1. The smallest absolute Gasteiger partial charge is 0.212 e. The number of aromatic nitrogens is 1. The molecule has 2 N–H and O–H groups in total. The van der Waals surface area contributed by atoms with Gasteiger partial charge in [0.05, 0.1) is 17.9 Å². The highest BCUT2D eigenvalue weighted by atomic mass is 32.2. The lowest BCUT2D eigenvalue weighted by molar-refractivity contribution is 0.111. The van der Waals surface area contributed by atoms with Gasteiger partial charge in [0.2, 0.25) is 10.0 Å². The predicted octanol–water partition coefficient (Wildman–Crippen LogP) is 0.458. The summed E-state index contributed by atoms with van der Waals surface area (Å²) in [5.41, 5.74) is 0.346. The molecule has 0 aromatic carbocycles. The fraction of sp³-hybridized carbons (Fsp3) is 0.583. The molecule has 0 aliphatic heterocycles. The van der Waals surface area contributed by atoms with Crippen molar-refractivity contribution in [1.82, 2.24) is 9.71 Å². The molecule has 0 atom stereocenters. The van der Waals surface area contributed by atoms with E-state index in [1.54, 1.807) is 24.5 Å². The second kappa shape index (κ2) is 5.34. The van der Waals surface area contributed by atoms with E-state index in [9.17, 15) is 13.5 Å². The van der Waals surface area contributed by atoms with Gasteiger partial charge in [-0.1, -0.05) is 0 Å². The van der Waals surface area contributed by atoms with Gasteiger partial charge in [-0.05, 0) is 43.4 Å². The van der Waals surface area contributed by atoms with Gasteiger partial charge in [-0.25, -0.2) is 13.1 Å². The molecular weight excluding hydrogens is 252 g/mol. The van der Waals surface area contributed by atoms with Crippen LogP contribution in [-0.4, -0.2) is 36.4 Å². The van der Waals surface area contributed by atoms with E-state index in [2.05, 4.69) is 9.71 Å². The zero-order valence-corrected chi connectivity index (χ0v) is 11.0.